The molecule has 2 fully saturated rings. The largest absolute Gasteiger partial charge is 0.339 e. The number of piperidine rings is 2. The first kappa shape index (κ1) is 24.4. The van der Waals surface area contributed by atoms with Crippen LogP contribution in [0, 0.1) is 26.7 Å². The minimum Gasteiger partial charge on any atom is -0.339 e. The first-order chi connectivity index (χ1) is 17.4. The van der Waals surface area contributed by atoms with Crippen LogP contribution in [-0.4, -0.2) is 66.8 Å². The highest BCUT2D eigenvalue weighted by Gasteiger charge is 2.35. The lowest BCUT2D eigenvalue weighted by atomic mass is 9.83. The van der Waals surface area contributed by atoms with Crippen molar-refractivity contribution in [2.45, 2.75) is 71.9 Å². The van der Waals surface area contributed by atoms with Gasteiger partial charge in [-0.2, -0.15) is 0 Å². The second-order valence-electron chi connectivity index (χ2n) is 10.4. The van der Waals surface area contributed by atoms with Crippen molar-refractivity contribution in [1.82, 2.24) is 29.3 Å². The van der Waals surface area contributed by atoms with Crippen LogP contribution >= 0.6 is 0 Å². The van der Waals surface area contributed by atoms with Gasteiger partial charge in [-0.25, -0.2) is 9.97 Å². The molecule has 0 unspecified atom stereocenters. The summed E-state index contributed by atoms with van der Waals surface area (Å²) in [5.41, 5.74) is 5.77. The molecule has 3 aromatic rings. The van der Waals surface area contributed by atoms with Gasteiger partial charge in [0, 0.05) is 44.8 Å². The van der Waals surface area contributed by atoms with E-state index < -0.39 is 0 Å². The molecule has 0 spiro atoms. The van der Waals surface area contributed by atoms with Gasteiger partial charge in [0.25, 0.3) is 5.91 Å². The lowest BCUT2D eigenvalue weighted by Gasteiger charge is -2.43. The molecule has 0 aliphatic carbocycles. The molecular weight excluding hydrogens is 452 g/mol. The number of hydrogen-bond acceptors (Lipinski definition) is 5. The maximum absolute atomic E-state index is 13.4. The SMILES string of the molecule is Cc1cnc(C(=O)N2CCC([C@H]3CCCCN3C(=O)CCn3cnc4cc(C)c(C)cc43)CC2)cn1. The third-order valence-electron chi connectivity index (χ3n) is 8.04. The van der Waals surface area contributed by atoms with Crippen LogP contribution in [0.2, 0.25) is 0 Å². The van der Waals surface area contributed by atoms with Crippen molar-refractivity contribution < 1.29 is 9.59 Å². The summed E-state index contributed by atoms with van der Waals surface area (Å²) in [5.74, 6) is 0.622. The quantitative estimate of drug-likeness (QED) is 0.540. The van der Waals surface area contributed by atoms with Gasteiger partial charge in [0.1, 0.15) is 5.69 Å². The highest BCUT2D eigenvalue weighted by Crippen LogP contribution is 2.31. The number of aryl methyl sites for hydroxylation is 4. The molecule has 1 aromatic carbocycles. The van der Waals surface area contributed by atoms with E-state index in [1.54, 1.807) is 12.4 Å². The lowest BCUT2D eigenvalue weighted by Crippen LogP contribution is -2.51. The summed E-state index contributed by atoms with van der Waals surface area (Å²) in [6, 6.07) is 4.56. The number of imidazole rings is 1. The van der Waals surface area contributed by atoms with Gasteiger partial charge >= 0.3 is 0 Å². The standard InChI is InChI=1S/C28H36N6O2/c1-19-14-23-26(15-20(19)2)33(18-31-23)13-9-27(35)34-10-5-4-6-25(34)22-7-11-32(12-8-22)28(36)24-17-29-21(3)16-30-24/h14-18,22,25H,4-13H2,1-3H3/t25-/m1/s1. The Balaban J connectivity index is 1.20. The maximum atomic E-state index is 13.4. The Labute approximate surface area is 212 Å². The molecule has 1 atom stereocenters. The normalized spacial score (nSPS) is 19.1. The van der Waals surface area contributed by atoms with Crippen molar-refractivity contribution in [2.75, 3.05) is 19.6 Å². The minimum absolute atomic E-state index is 0.0458. The Morgan fingerprint density at radius 3 is 2.44 bits per heavy atom. The van der Waals surface area contributed by atoms with E-state index in [0.717, 1.165) is 55.4 Å². The van der Waals surface area contributed by atoms with E-state index in [-0.39, 0.29) is 17.9 Å². The van der Waals surface area contributed by atoms with Crippen LogP contribution in [-0.2, 0) is 11.3 Å². The third kappa shape index (κ3) is 4.99. The van der Waals surface area contributed by atoms with Gasteiger partial charge in [-0.05, 0) is 82.1 Å². The van der Waals surface area contributed by atoms with Crippen molar-refractivity contribution in [1.29, 1.82) is 0 Å². The predicted octanol–water partition coefficient (Wildman–Crippen LogP) is 4.08. The molecule has 8 heteroatoms. The molecular formula is C28H36N6O2. The molecule has 5 rings (SSSR count). The van der Waals surface area contributed by atoms with Crippen molar-refractivity contribution in [3.63, 3.8) is 0 Å². The topological polar surface area (TPSA) is 84.2 Å². The van der Waals surface area contributed by atoms with Crippen LogP contribution in [0.1, 0.15) is 65.8 Å². The molecule has 2 aliphatic heterocycles. The van der Waals surface area contributed by atoms with Gasteiger partial charge < -0.3 is 14.4 Å². The summed E-state index contributed by atoms with van der Waals surface area (Å²) in [5, 5.41) is 0. The van der Waals surface area contributed by atoms with Crippen LogP contribution in [0.15, 0.2) is 30.9 Å². The highest BCUT2D eigenvalue weighted by molar-refractivity contribution is 5.92. The van der Waals surface area contributed by atoms with E-state index in [1.807, 2.05) is 18.2 Å². The van der Waals surface area contributed by atoms with Crippen LogP contribution in [0.3, 0.4) is 0 Å². The highest BCUT2D eigenvalue weighted by atomic mass is 16.2. The summed E-state index contributed by atoms with van der Waals surface area (Å²) in [7, 11) is 0. The van der Waals surface area contributed by atoms with Crippen LogP contribution in [0.4, 0.5) is 0 Å². The molecule has 0 saturated carbocycles. The zero-order valence-electron chi connectivity index (χ0n) is 21.6. The van der Waals surface area contributed by atoms with E-state index in [9.17, 15) is 9.59 Å². The Hall–Kier alpha value is -3.29. The molecule has 36 heavy (non-hydrogen) atoms. The summed E-state index contributed by atoms with van der Waals surface area (Å²) in [6.07, 6.45) is 10.7. The summed E-state index contributed by atoms with van der Waals surface area (Å²) in [6.45, 7) is 8.97. The number of amides is 2. The molecule has 0 radical (unpaired) electrons. The Bertz CT molecular complexity index is 1240. The number of fused-ring (bicyclic) bond motifs is 1. The average molecular weight is 489 g/mol. The monoisotopic (exact) mass is 488 g/mol. The third-order valence-corrected chi connectivity index (χ3v) is 8.04. The Morgan fingerprint density at radius 2 is 1.69 bits per heavy atom. The first-order valence-corrected chi connectivity index (χ1v) is 13.2. The average Bonchev–Trinajstić information content (AvgIpc) is 3.29. The number of rotatable bonds is 5. The Kier molecular flexibility index (Phi) is 7.03. The van der Waals surface area contributed by atoms with E-state index >= 15 is 0 Å². The van der Waals surface area contributed by atoms with Gasteiger partial charge in [-0.1, -0.05) is 0 Å². The molecule has 2 aromatic heterocycles. The minimum atomic E-state index is -0.0458. The zero-order chi connectivity index (χ0) is 25.2. The predicted molar refractivity (Wildman–Crippen MR) is 139 cm³/mol. The van der Waals surface area contributed by atoms with Crippen LogP contribution in [0.5, 0.6) is 0 Å². The molecule has 8 nitrogen and oxygen atoms in total. The Morgan fingerprint density at radius 1 is 0.917 bits per heavy atom. The number of carbonyl (C=O) groups is 2. The smallest absolute Gasteiger partial charge is 0.274 e. The number of nitrogens with zero attached hydrogens (tertiary/aromatic N) is 6. The van der Waals surface area contributed by atoms with E-state index in [1.165, 1.54) is 11.1 Å². The molecule has 190 valence electrons. The van der Waals surface area contributed by atoms with Crippen molar-refractivity contribution in [2.24, 2.45) is 5.92 Å². The number of carbonyl (C=O) groups excluding carboxylic acids is 2. The fourth-order valence-electron chi connectivity index (χ4n) is 5.76. The fraction of sp³-hybridized carbons (Fsp3) is 0.536. The zero-order valence-corrected chi connectivity index (χ0v) is 21.6. The second-order valence-corrected chi connectivity index (χ2v) is 10.4. The number of hydrogen-bond donors (Lipinski definition) is 0. The van der Waals surface area contributed by atoms with E-state index in [4.69, 9.17) is 0 Å². The molecule has 0 bridgehead atoms. The van der Waals surface area contributed by atoms with E-state index in [0.29, 0.717) is 37.7 Å². The molecule has 0 N–H and O–H groups in total. The summed E-state index contributed by atoms with van der Waals surface area (Å²) < 4.78 is 2.11. The molecule has 2 aliphatic rings. The van der Waals surface area contributed by atoms with Crippen LogP contribution < -0.4 is 0 Å². The fourth-order valence-corrected chi connectivity index (χ4v) is 5.76. The number of likely N-dealkylation sites (tertiary alicyclic amines) is 2. The maximum Gasteiger partial charge on any atom is 0.274 e. The van der Waals surface area contributed by atoms with Gasteiger partial charge in [-0.3, -0.25) is 14.6 Å². The first-order valence-electron chi connectivity index (χ1n) is 13.2. The molecule has 2 amide bonds. The summed E-state index contributed by atoms with van der Waals surface area (Å²) >= 11 is 0. The van der Waals surface area contributed by atoms with Gasteiger partial charge in [0.15, 0.2) is 0 Å². The van der Waals surface area contributed by atoms with Crippen molar-refractivity contribution in [3.8, 4) is 0 Å². The van der Waals surface area contributed by atoms with Crippen LogP contribution in [0.25, 0.3) is 11.0 Å². The number of aromatic nitrogens is 4. The van der Waals surface area contributed by atoms with E-state index in [2.05, 4.69) is 50.4 Å². The lowest BCUT2D eigenvalue weighted by molar-refractivity contribution is -0.137. The molecule has 4 heterocycles. The molecule has 2 saturated heterocycles. The second kappa shape index (κ2) is 10.4. The van der Waals surface area contributed by atoms with Gasteiger partial charge in [0.05, 0.1) is 29.3 Å². The van der Waals surface area contributed by atoms with Crippen molar-refractivity contribution in [3.05, 3.63) is 53.4 Å². The summed E-state index contributed by atoms with van der Waals surface area (Å²) in [4.78, 5) is 43.3. The number of benzene rings is 1. The van der Waals surface area contributed by atoms with Crippen molar-refractivity contribution >= 4 is 22.8 Å². The van der Waals surface area contributed by atoms with Gasteiger partial charge in [0.2, 0.25) is 5.91 Å². The van der Waals surface area contributed by atoms with Gasteiger partial charge in [-0.15, -0.1) is 0 Å².